The van der Waals surface area contributed by atoms with Crippen LogP contribution in [0.2, 0.25) is 0 Å². The molecule has 1 aromatic carbocycles. The first-order valence-electron chi connectivity index (χ1n) is 6.07. The molecule has 18 heavy (non-hydrogen) atoms. The van der Waals surface area contributed by atoms with Gasteiger partial charge >= 0.3 is 5.97 Å². The summed E-state index contributed by atoms with van der Waals surface area (Å²) in [5.41, 5.74) is 1.26. The summed E-state index contributed by atoms with van der Waals surface area (Å²) in [7, 11) is 2.02. The van der Waals surface area contributed by atoms with Gasteiger partial charge in [0, 0.05) is 11.4 Å². The molecule has 0 radical (unpaired) electrons. The molecule has 100 valence electrons. The number of nitrogens with zero attached hydrogens (tertiary/aromatic N) is 1. The number of rotatable bonds is 7. The molecule has 0 aliphatic heterocycles. The fourth-order valence-corrected chi connectivity index (χ4v) is 2.07. The summed E-state index contributed by atoms with van der Waals surface area (Å²) < 4.78 is 0. The van der Waals surface area contributed by atoms with E-state index in [9.17, 15) is 4.79 Å². The third-order valence-corrected chi connectivity index (χ3v) is 3.72. The predicted octanol–water partition coefficient (Wildman–Crippen LogP) is 2.95. The first-order valence-corrected chi connectivity index (χ1v) is 7.29. The summed E-state index contributed by atoms with van der Waals surface area (Å²) in [6, 6.07) is 8.49. The molecule has 4 heteroatoms. The Kier molecular flexibility index (Phi) is 6.22. The van der Waals surface area contributed by atoms with E-state index < -0.39 is 5.97 Å². The molecule has 1 unspecified atom stereocenters. The van der Waals surface area contributed by atoms with E-state index in [4.69, 9.17) is 5.11 Å². The third kappa shape index (κ3) is 5.10. The van der Waals surface area contributed by atoms with Crippen molar-refractivity contribution in [3.8, 4) is 0 Å². The number of carboxylic acid groups (broad SMARTS) is 1. The summed E-state index contributed by atoms with van der Waals surface area (Å²) >= 11 is 1.73. The van der Waals surface area contributed by atoms with Crippen LogP contribution in [0.5, 0.6) is 0 Å². The van der Waals surface area contributed by atoms with Crippen molar-refractivity contribution in [2.24, 2.45) is 5.92 Å². The number of carboxylic acids is 1. The van der Waals surface area contributed by atoms with Gasteiger partial charge in [-0.3, -0.25) is 4.79 Å². The van der Waals surface area contributed by atoms with Crippen LogP contribution in [0.25, 0.3) is 0 Å². The Morgan fingerprint density at radius 3 is 2.50 bits per heavy atom. The monoisotopic (exact) mass is 267 g/mol. The van der Waals surface area contributed by atoms with Gasteiger partial charge in [-0.2, -0.15) is 0 Å². The van der Waals surface area contributed by atoms with Crippen LogP contribution < -0.4 is 0 Å². The van der Waals surface area contributed by atoms with E-state index in [-0.39, 0.29) is 5.92 Å². The minimum atomic E-state index is -0.715. The minimum Gasteiger partial charge on any atom is -0.481 e. The fourth-order valence-electron chi connectivity index (χ4n) is 1.66. The Hall–Kier alpha value is -1.00. The van der Waals surface area contributed by atoms with Crippen LogP contribution >= 0.6 is 11.8 Å². The molecule has 0 bridgehead atoms. The Bertz CT molecular complexity index is 378. The Morgan fingerprint density at radius 2 is 2.00 bits per heavy atom. The fraction of sp³-hybridized carbons (Fsp3) is 0.500. The van der Waals surface area contributed by atoms with Gasteiger partial charge in [0.2, 0.25) is 0 Å². The van der Waals surface area contributed by atoms with Gasteiger partial charge in [0.1, 0.15) is 0 Å². The average molecular weight is 267 g/mol. The van der Waals surface area contributed by atoms with Crippen LogP contribution in [0, 0.1) is 5.92 Å². The number of hydrogen-bond donors (Lipinski definition) is 1. The summed E-state index contributed by atoms with van der Waals surface area (Å²) in [6.07, 6.45) is 2.75. The van der Waals surface area contributed by atoms with Gasteiger partial charge in [0.15, 0.2) is 0 Å². The molecule has 0 saturated carbocycles. The Labute approximate surface area is 113 Å². The maximum absolute atomic E-state index is 10.7. The first kappa shape index (κ1) is 15.1. The molecular formula is C14H21NO2S. The van der Waals surface area contributed by atoms with Crippen molar-refractivity contribution in [2.45, 2.75) is 24.8 Å². The van der Waals surface area contributed by atoms with Gasteiger partial charge < -0.3 is 10.0 Å². The SMILES string of the molecule is CSc1ccc(CN(C)CCC(C)C(=O)O)cc1. The second-order valence-electron chi connectivity index (χ2n) is 4.61. The van der Waals surface area contributed by atoms with E-state index in [2.05, 4.69) is 35.4 Å². The van der Waals surface area contributed by atoms with Gasteiger partial charge in [0.05, 0.1) is 5.92 Å². The number of benzene rings is 1. The first-order chi connectivity index (χ1) is 8.52. The van der Waals surface area contributed by atoms with E-state index in [1.807, 2.05) is 7.05 Å². The molecule has 3 nitrogen and oxygen atoms in total. The van der Waals surface area contributed by atoms with E-state index >= 15 is 0 Å². The van der Waals surface area contributed by atoms with Crippen molar-refractivity contribution in [3.05, 3.63) is 29.8 Å². The van der Waals surface area contributed by atoms with Crippen LogP contribution in [-0.2, 0) is 11.3 Å². The second kappa shape index (κ2) is 7.44. The van der Waals surface area contributed by atoms with E-state index in [0.717, 1.165) is 13.1 Å². The number of thioether (sulfide) groups is 1. The zero-order chi connectivity index (χ0) is 13.5. The highest BCUT2D eigenvalue weighted by Gasteiger charge is 2.11. The van der Waals surface area contributed by atoms with Crippen LogP contribution in [0.3, 0.4) is 0 Å². The van der Waals surface area contributed by atoms with Gasteiger partial charge in [-0.05, 0) is 44.0 Å². The second-order valence-corrected chi connectivity index (χ2v) is 5.49. The molecule has 0 heterocycles. The van der Waals surface area contributed by atoms with Crippen LogP contribution in [-0.4, -0.2) is 35.8 Å². The molecule has 0 fully saturated rings. The van der Waals surface area contributed by atoms with Gasteiger partial charge in [-0.1, -0.05) is 19.1 Å². The third-order valence-electron chi connectivity index (χ3n) is 2.98. The van der Waals surface area contributed by atoms with E-state index in [1.54, 1.807) is 18.7 Å². The van der Waals surface area contributed by atoms with E-state index in [1.165, 1.54) is 10.5 Å². The average Bonchev–Trinajstić information content (AvgIpc) is 2.36. The molecule has 0 aliphatic carbocycles. The molecule has 0 aromatic heterocycles. The molecule has 0 amide bonds. The lowest BCUT2D eigenvalue weighted by atomic mass is 10.1. The highest BCUT2D eigenvalue weighted by atomic mass is 32.2. The number of aliphatic carboxylic acids is 1. The van der Waals surface area contributed by atoms with Crippen molar-refractivity contribution >= 4 is 17.7 Å². The lowest BCUT2D eigenvalue weighted by Gasteiger charge is -2.18. The zero-order valence-corrected chi connectivity index (χ0v) is 12.0. The summed E-state index contributed by atoms with van der Waals surface area (Å²) in [6.45, 7) is 3.42. The molecule has 1 rings (SSSR count). The summed E-state index contributed by atoms with van der Waals surface area (Å²) in [5, 5.41) is 8.82. The smallest absolute Gasteiger partial charge is 0.306 e. The molecular weight excluding hydrogens is 246 g/mol. The van der Waals surface area contributed by atoms with Gasteiger partial charge in [0.25, 0.3) is 0 Å². The molecule has 0 aliphatic rings. The Morgan fingerprint density at radius 1 is 1.39 bits per heavy atom. The standard InChI is InChI=1S/C14H21NO2S/c1-11(14(16)17)8-9-15(2)10-12-4-6-13(18-3)7-5-12/h4-7,11H,8-10H2,1-3H3,(H,16,17). The quantitative estimate of drug-likeness (QED) is 0.771. The van der Waals surface area contributed by atoms with Crippen molar-refractivity contribution in [1.82, 2.24) is 4.90 Å². The maximum Gasteiger partial charge on any atom is 0.306 e. The molecule has 0 saturated heterocycles. The summed E-state index contributed by atoms with van der Waals surface area (Å²) in [5.74, 6) is -0.987. The number of hydrogen-bond acceptors (Lipinski definition) is 3. The van der Waals surface area contributed by atoms with Crippen LogP contribution in [0.4, 0.5) is 0 Å². The largest absolute Gasteiger partial charge is 0.481 e. The topological polar surface area (TPSA) is 40.5 Å². The van der Waals surface area contributed by atoms with Crippen LogP contribution in [0.15, 0.2) is 29.2 Å². The normalized spacial score (nSPS) is 12.7. The summed E-state index contributed by atoms with van der Waals surface area (Å²) in [4.78, 5) is 14.1. The number of carbonyl (C=O) groups is 1. The van der Waals surface area contributed by atoms with E-state index in [0.29, 0.717) is 6.42 Å². The predicted molar refractivity (Wildman–Crippen MR) is 76.0 cm³/mol. The van der Waals surface area contributed by atoms with Gasteiger partial charge in [-0.25, -0.2) is 0 Å². The van der Waals surface area contributed by atoms with Crippen molar-refractivity contribution in [1.29, 1.82) is 0 Å². The van der Waals surface area contributed by atoms with Crippen LogP contribution in [0.1, 0.15) is 18.9 Å². The highest BCUT2D eigenvalue weighted by Crippen LogP contribution is 2.15. The van der Waals surface area contributed by atoms with Crippen molar-refractivity contribution in [2.75, 3.05) is 19.8 Å². The lowest BCUT2D eigenvalue weighted by molar-refractivity contribution is -0.141. The lowest BCUT2D eigenvalue weighted by Crippen LogP contribution is -2.23. The highest BCUT2D eigenvalue weighted by molar-refractivity contribution is 7.98. The Balaban J connectivity index is 2.39. The minimum absolute atomic E-state index is 0.272. The molecule has 1 N–H and O–H groups in total. The zero-order valence-electron chi connectivity index (χ0n) is 11.2. The maximum atomic E-state index is 10.7. The van der Waals surface area contributed by atoms with Gasteiger partial charge in [-0.15, -0.1) is 11.8 Å². The van der Waals surface area contributed by atoms with Crippen molar-refractivity contribution in [3.63, 3.8) is 0 Å². The van der Waals surface area contributed by atoms with Crippen molar-refractivity contribution < 1.29 is 9.90 Å². The molecule has 1 aromatic rings. The molecule has 0 spiro atoms. The molecule has 1 atom stereocenters.